The molecule has 0 radical (unpaired) electrons. The van der Waals surface area contributed by atoms with E-state index in [9.17, 15) is 14.2 Å². The van der Waals surface area contributed by atoms with Crippen LogP contribution in [0.15, 0.2) is 46.2 Å². The number of methoxy groups -OCH3 is 1. The Kier molecular flexibility index (Phi) is 4.77. The molecule has 0 amide bonds. The van der Waals surface area contributed by atoms with E-state index in [0.717, 1.165) is 0 Å². The Hall–Kier alpha value is -2.41. The van der Waals surface area contributed by atoms with Crippen LogP contribution in [-0.2, 0) is 15.6 Å². The van der Waals surface area contributed by atoms with Gasteiger partial charge in [0.1, 0.15) is 0 Å². The van der Waals surface area contributed by atoms with E-state index in [-0.39, 0.29) is 22.1 Å². The van der Waals surface area contributed by atoms with E-state index in [1.54, 1.807) is 31.2 Å². The van der Waals surface area contributed by atoms with Crippen molar-refractivity contribution in [2.45, 2.75) is 16.7 Å². The van der Waals surface area contributed by atoms with E-state index >= 15 is 0 Å². The van der Waals surface area contributed by atoms with Crippen molar-refractivity contribution in [2.24, 2.45) is 0 Å². The normalized spacial score (nSPS) is 11.8. The number of phenolic OH excluding ortho intramolecular Hbond substituents is 1. The summed E-state index contributed by atoms with van der Waals surface area (Å²) in [6.07, 6.45) is 0. The van der Waals surface area contributed by atoms with E-state index in [2.05, 4.69) is 4.84 Å². The summed E-state index contributed by atoms with van der Waals surface area (Å²) in [4.78, 5) is 17.5. The third kappa shape index (κ3) is 2.80. The lowest BCUT2D eigenvalue weighted by atomic mass is 10.1. The van der Waals surface area contributed by atoms with Gasteiger partial charge in [-0.05, 0) is 19.1 Å². The van der Waals surface area contributed by atoms with Gasteiger partial charge in [0, 0.05) is 11.0 Å². The van der Waals surface area contributed by atoms with E-state index in [0.29, 0.717) is 15.4 Å². The van der Waals surface area contributed by atoms with Crippen molar-refractivity contribution in [2.75, 3.05) is 14.2 Å². The van der Waals surface area contributed by atoms with Gasteiger partial charge in [0.25, 0.3) is 4.92 Å². The Labute approximate surface area is 130 Å². The molecule has 7 heteroatoms. The molecule has 0 saturated carbocycles. The van der Waals surface area contributed by atoms with Gasteiger partial charge in [-0.2, -0.15) is 0 Å². The quantitative estimate of drug-likeness (QED) is 0.857. The maximum atomic E-state index is 12.7. The summed E-state index contributed by atoms with van der Waals surface area (Å²) >= 11 is 0. The Bertz CT molecular complexity index is 730. The molecule has 0 aliphatic heterocycles. The van der Waals surface area contributed by atoms with Gasteiger partial charge >= 0.3 is 5.69 Å². The van der Waals surface area contributed by atoms with Crippen LogP contribution in [0.25, 0.3) is 0 Å². The molecule has 0 aliphatic carbocycles. The molecule has 0 aromatic heterocycles. The molecule has 1 atom stereocenters. The summed E-state index contributed by atoms with van der Waals surface area (Å²) in [6.45, 7) is 1.59. The Morgan fingerprint density at radius 3 is 2.36 bits per heavy atom. The van der Waals surface area contributed by atoms with Crippen molar-refractivity contribution in [1.82, 2.24) is 0 Å². The standard InChI is InChI=1S/C15H15NO5S/c1-10-13(22(19)11-7-5-4-6-8-11)9-12(20-2)15(17)14(10)16(18)21-3/h4-9H,1-3H3/p+1. The summed E-state index contributed by atoms with van der Waals surface area (Å²) in [5.74, 6) is -0.302. The molecule has 0 fully saturated rings. The van der Waals surface area contributed by atoms with Crippen molar-refractivity contribution in [1.29, 1.82) is 0 Å². The van der Waals surface area contributed by atoms with Crippen LogP contribution >= 0.6 is 0 Å². The lowest BCUT2D eigenvalue weighted by Gasteiger charge is -2.10. The zero-order valence-electron chi connectivity index (χ0n) is 12.4. The average molecular weight is 322 g/mol. The number of phenols is 1. The third-order valence-electron chi connectivity index (χ3n) is 3.17. The predicted molar refractivity (Wildman–Crippen MR) is 80.8 cm³/mol. The molecule has 22 heavy (non-hydrogen) atoms. The van der Waals surface area contributed by atoms with Crippen LogP contribution in [0.4, 0.5) is 5.69 Å². The number of nitrogens with zero attached hydrogens (tertiary/aromatic N) is 1. The Balaban J connectivity index is 2.66. The van der Waals surface area contributed by atoms with Crippen molar-refractivity contribution in [3.05, 3.63) is 46.9 Å². The number of benzene rings is 2. The second-order valence-corrected chi connectivity index (χ2v) is 5.87. The van der Waals surface area contributed by atoms with Crippen LogP contribution in [-0.4, -0.2) is 28.5 Å². The van der Waals surface area contributed by atoms with Crippen LogP contribution in [0.5, 0.6) is 11.5 Å². The van der Waals surface area contributed by atoms with Crippen LogP contribution in [0.3, 0.4) is 0 Å². The minimum atomic E-state index is -1.52. The molecule has 0 bridgehead atoms. The van der Waals surface area contributed by atoms with E-state index in [1.807, 2.05) is 6.07 Å². The molecule has 0 spiro atoms. The summed E-state index contributed by atoms with van der Waals surface area (Å²) in [5.41, 5.74) is 0.235. The molecular weight excluding hydrogens is 306 g/mol. The first-order chi connectivity index (χ1) is 10.5. The minimum absolute atomic E-state index is 0.0535. The smallest absolute Gasteiger partial charge is 0.365 e. The summed E-state index contributed by atoms with van der Waals surface area (Å²) in [7, 11) is 1.01. The topological polar surface area (TPSA) is 75.8 Å². The van der Waals surface area contributed by atoms with Crippen LogP contribution < -0.4 is 4.74 Å². The highest BCUT2D eigenvalue weighted by Gasteiger charge is 2.32. The average Bonchev–Trinajstić information content (AvgIpc) is 2.55. The van der Waals surface area contributed by atoms with Gasteiger partial charge in [-0.15, -0.1) is 0 Å². The second-order valence-electron chi connectivity index (χ2n) is 4.42. The summed E-state index contributed by atoms with van der Waals surface area (Å²) < 4.78 is 17.8. The van der Waals surface area contributed by atoms with Crippen LogP contribution in [0.1, 0.15) is 5.56 Å². The summed E-state index contributed by atoms with van der Waals surface area (Å²) in [6, 6.07) is 10.3. The fraction of sp³-hybridized carbons (Fsp3) is 0.200. The molecular formula is C15H16NO5S+. The van der Waals surface area contributed by atoms with Crippen LogP contribution in [0, 0.1) is 11.8 Å². The first-order valence-corrected chi connectivity index (χ1v) is 7.55. The second kappa shape index (κ2) is 6.57. The van der Waals surface area contributed by atoms with Gasteiger partial charge in [0.05, 0.1) is 33.3 Å². The fourth-order valence-electron chi connectivity index (χ4n) is 2.04. The molecule has 2 rings (SSSR count). The third-order valence-corrected chi connectivity index (χ3v) is 4.69. The highest BCUT2D eigenvalue weighted by Crippen LogP contribution is 2.42. The molecule has 2 aromatic rings. The lowest BCUT2D eigenvalue weighted by Crippen LogP contribution is -2.05. The molecule has 6 nitrogen and oxygen atoms in total. The van der Waals surface area contributed by atoms with Crippen molar-refractivity contribution in [3.63, 3.8) is 0 Å². The summed E-state index contributed by atoms with van der Waals surface area (Å²) in [5, 5.41) is 10.1. The van der Waals surface area contributed by atoms with Gasteiger partial charge in [-0.25, -0.2) is 9.05 Å². The Morgan fingerprint density at radius 2 is 1.82 bits per heavy atom. The highest BCUT2D eigenvalue weighted by molar-refractivity contribution is 7.85. The first kappa shape index (κ1) is 16.0. The molecule has 116 valence electrons. The zero-order valence-corrected chi connectivity index (χ0v) is 13.2. The molecule has 1 unspecified atom stereocenters. The van der Waals surface area contributed by atoms with E-state index in [1.165, 1.54) is 20.3 Å². The fourth-order valence-corrected chi connectivity index (χ4v) is 3.29. The molecule has 1 N–H and O–H groups in total. The largest absolute Gasteiger partial charge is 0.499 e. The van der Waals surface area contributed by atoms with Crippen molar-refractivity contribution < 1.29 is 23.8 Å². The molecule has 0 aliphatic rings. The van der Waals surface area contributed by atoms with E-state index < -0.39 is 10.8 Å². The maximum absolute atomic E-state index is 12.7. The molecule has 2 aromatic carbocycles. The number of rotatable bonds is 5. The van der Waals surface area contributed by atoms with Crippen molar-refractivity contribution >= 4 is 16.5 Å². The van der Waals surface area contributed by atoms with Crippen LogP contribution in [0.2, 0.25) is 0 Å². The Morgan fingerprint density at radius 1 is 1.18 bits per heavy atom. The van der Waals surface area contributed by atoms with Gasteiger partial charge < -0.3 is 9.84 Å². The number of ether oxygens (including phenoxy) is 1. The number of aromatic hydroxyl groups is 1. The maximum Gasteiger partial charge on any atom is 0.365 e. The van der Waals surface area contributed by atoms with Gasteiger partial charge in [0.2, 0.25) is 5.75 Å². The molecule has 0 heterocycles. The SMILES string of the molecule is COc1cc(S(=O)c2ccccc2)c(C)c([N+](=O)OC)c1O. The minimum Gasteiger partial charge on any atom is -0.499 e. The molecule has 0 saturated heterocycles. The number of hydrogen-bond donors (Lipinski definition) is 1. The number of hydrogen-bond acceptors (Lipinski definition) is 5. The van der Waals surface area contributed by atoms with E-state index in [4.69, 9.17) is 4.74 Å². The highest BCUT2D eigenvalue weighted by atomic mass is 32.2. The van der Waals surface area contributed by atoms with Crippen molar-refractivity contribution in [3.8, 4) is 11.5 Å². The lowest BCUT2D eigenvalue weighted by molar-refractivity contribution is -0.737. The first-order valence-electron chi connectivity index (χ1n) is 6.40. The monoisotopic (exact) mass is 322 g/mol. The van der Waals surface area contributed by atoms with Gasteiger partial charge in [-0.3, -0.25) is 0 Å². The van der Waals surface area contributed by atoms with Gasteiger partial charge in [-0.1, -0.05) is 18.2 Å². The zero-order chi connectivity index (χ0) is 16.3. The predicted octanol–water partition coefficient (Wildman–Crippen LogP) is 2.85. The van der Waals surface area contributed by atoms with Gasteiger partial charge in [0.15, 0.2) is 12.9 Å².